The first-order valence-corrected chi connectivity index (χ1v) is 16.1. The van der Waals surface area contributed by atoms with Gasteiger partial charge in [-0.3, -0.25) is 24.4 Å². The van der Waals surface area contributed by atoms with Crippen LogP contribution in [0, 0.1) is 27.7 Å². The smallest absolute Gasteiger partial charge is 0.222 e. The van der Waals surface area contributed by atoms with Crippen LogP contribution in [0.3, 0.4) is 0 Å². The number of nitrogens with zero attached hydrogens (tertiary/aromatic N) is 8. The molecule has 0 radical (unpaired) electrons. The number of hydrogen-bond donors (Lipinski definition) is 3. The third kappa shape index (κ3) is 7.97. The highest BCUT2D eigenvalue weighted by molar-refractivity contribution is 6.24. The van der Waals surface area contributed by atoms with Gasteiger partial charge in [-0.15, -0.1) is 0 Å². The van der Waals surface area contributed by atoms with Gasteiger partial charge in [-0.2, -0.15) is 5.10 Å². The molecule has 0 bridgehead atoms. The van der Waals surface area contributed by atoms with E-state index in [2.05, 4.69) is 20.5 Å². The van der Waals surface area contributed by atoms with Crippen molar-refractivity contribution in [1.29, 1.82) is 0 Å². The van der Waals surface area contributed by atoms with Crippen LogP contribution in [0.25, 0.3) is 5.57 Å². The van der Waals surface area contributed by atoms with Crippen molar-refractivity contribution in [3.05, 3.63) is 40.4 Å². The van der Waals surface area contributed by atoms with E-state index in [1.807, 2.05) is 43.5 Å². The van der Waals surface area contributed by atoms with Crippen LogP contribution in [0.1, 0.15) is 60.6 Å². The van der Waals surface area contributed by atoms with Gasteiger partial charge >= 0.3 is 0 Å². The molecule has 5 rings (SSSR count). The molecule has 1 amide bonds. The molecule has 0 saturated carbocycles. The lowest BCUT2D eigenvalue weighted by Crippen LogP contribution is -2.59. The molecule has 3 aliphatic rings. The first-order valence-electron chi connectivity index (χ1n) is 16.1. The third-order valence-corrected chi connectivity index (χ3v) is 8.73. The second-order valence-electron chi connectivity index (χ2n) is 12.0. The number of alkyl halides is 1. The van der Waals surface area contributed by atoms with Gasteiger partial charge < -0.3 is 20.3 Å². The van der Waals surface area contributed by atoms with E-state index in [9.17, 15) is 9.18 Å². The number of carbonyl (C=O) groups is 1. The summed E-state index contributed by atoms with van der Waals surface area (Å²) in [6.07, 6.45) is 5.54. The zero-order valence-electron chi connectivity index (χ0n) is 27.1. The van der Waals surface area contributed by atoms with Crippen molar-refractivity contribution in [1.82, 2.24) is 39.9 Å². The van der Waals surface area contributed by atoms with Gasteiger partial charge in [0, 0.05) is 64.1 Å². The molecule has 4 N–H and O–H groups in total. The number of carbonyl (C=O) groups excluding carboxylic acids is 1. The molecule has 246 valence electrons. The zero-order valence-corrected chi connectivity index (χ0v) is 27.1. The summed E-state index contributed by atoms with van der Waals surface area (Å²) in [6.45, 7) is 13.9. The van der Waals surface area contributed by atoms with Crippen molar-refractivity contribution in [3.63, 3.8) is 0 Å². The summed E-state index contributed by atoms with van der Waals surface area (Å²) in [6, 6.07) is 0. The Hall–Kier alpha value is -3.62. The molecule has 2 fully saturated rings. The van der Waals surface area contributed by atoms with Gasteiger partial charge in [0.2, 0.25) is 5.91 Å². The van der Waals surface area contributed by atoms with Gasteiger partial charge in [0.15, 0.2) is 6.29 Å². The van der Waals surface area contributed by atoms with Gasteiger partial charge in [0.1, 0.15) is 18.3 Å². The molecule has 45 heavy (non-hydrogen) atoms. The number of amides is 1. The van der Waals surface area contributed by atoms with Crippen molar-refractivity contribution in [2.45, 2.75) is 72.6 Å². The number of aryl methyl sites for hydroxylation is 4. The molecule has 1 atom stereocenters. The van der Waals surface area contributed by atoms with Gasteiger partial charge in [0.25, 0.3) is 0 Å². The highest BCUT2D eigenvalue weighted by Gasteiger charge is 2.33. The largest absolute Gasteiger partial charge is 0.379 e. The Bertz CT molecular complexity index is 1400. The number of nitrogens with one attached hydrogen (secondary N) is 2. The maximum Gasteiger partial charge on any atom is 0.222 e. The number of rotatable bonds is 12. The summed E-state index contributed by atoms with van der Waals surface area (Å²) in [4.78, 5) is 30.7. The van der Waals surface area contributed by atoms with Gasteiger partial charge in [-0.1, -0.05) is 0 Å². The molecule has 2 saturated heterocycles. The number of piperidine rings is 1. The van der Waals surface area contributed by atoms with E-state index in [0.717, 1.165) is 87.8 Å². The van der Waals surface area contributed by atoms with Crippen LogP contribution in [0.2, 0.25) is 0 Å². The Kier molecular flexibility index (Phi) is 11.0. The molecule has 5 heterocycles. The van der Waals surface area contributed by atoms with Gasteiger partial charge in [-0.05, 0) is 58.9 Å². The average molecular weight is 626 g/mol. The summed E-state index contributed by atoms with van der Waals surface area (Å²) >= 11 is 0. The number of hydrogen-bond acceptors (Lipinski definition) is 10. The number of aliphatic imine (C=N–C) groups is 1. The van der Waals surface area contributed by atoms with Crippen molar-refractivity contribution >= 4 is 23.0 Å². The molecular weight excluding hydrogens is 577 g/mol. The van der Waals surface area contributed by atoms with Crippen LogP contribution in [-0.2, 0) is 16.1 Å². The molecule has 2 aromatic rings. The van der Waals surface area contributed by atoms with E-state index >= 15 is 0 Å². The summed E-state index contributed by atoms with van der Waals surface area (Å²) < 4.78 is 22.3. The maximum absolute atomic E-state index is 14.9. The molecule has 2 aromatic heterocycles. The Labute approximate surface area is 265 Å². The fourth-order valence-electron chi connectivity index (χ4n) is 6.07. The van der Waals surface area contributed by atoms with Crippen molar-refractivity contribution in [2.75, 3.05) is 64.5 Å². The van der Waals surface area contributed by atoms with Crippen LogP contribution in [-0.4, -0.2) is 112 Å². The molecule has 13 nitrogen and oxygen atoms in total. The Balaban J connectivity index is 1.35. The van der Waals surface area contributed by atoms with E-state index in [-0.39, 0.29) is 11.6 Å². The number of likely N-dealkylation sites (tertiary alicyclic amines) is 1. The Morgan fingerprint density at radius 2 is 1.87 bits per heavy atom. The standard InChI is InChI=1S/C31H48FN11O2/c1-21-22(2)35-24(4)36-29(21)28-26(19-32)43(33)31(38-30(28)34-10-7-13-41-12-6-5-9-27(41)44)37-25-20-42(39-23(25)3)14-8-11-40-15-17-45-18-16-40/h20,31,37H,5-19,33H2,1-4H3,(H,34,38). The number of nitrogens with two attached hydrogens (primary N) is 1. The van der Waals surface area contributed by atoms with Crippen LogP contribution < -0.4 is 16.5 Å². The number of amidine groups is 1. The number of halogens is 1. The summed E-state index contributed by atoms with van der Waals surface area (Å²) in [5, 5.41) is 12.9. The van der Waals surface area contributed by atoms with E-state index in [1.54, 1.807) is 0 Å². The predicted molar refractivity (Wildman–Crippen MR) is 172 cm³/mol. The second kappa shape index (κ2) is 15.1. The van der Waals surface area contributed by atoms with Crippen molar-refractivity contribution in [3.8, 4) is 0 Å². The number of anilines is 1. The number of aromatic nitrogens is 4. The summed E-state index contributed by atoms with van der Waals surface area (Å²) in [5.74, 6) is 7.90. The minimum Gasteiger partial charge on any atom is -0.379 e. The molecule has 1 unspecified atom stereocenters. The second-order valence-corrected chi connectivity index (χ2v) is 12.0. The average Bonchev–Trinajstić information content (AvgIpc) is 3.38. The summed E-state index contributed by atoms with van der Waals surface area (Å²) in [5.41, 5.74) is 4.65. The number of allylic oxidation sites excluding steroid dienone is 1. The van der Waals surface area contributed by atoms with Crippen LogP contribution in [0.5, 0.6) is 0 Å². The fraction of sp³-hybridized carbons (Fsp3) is 0.645. The monoisotopic (exact) mass is 625 g/mol. The molecule has 3 aliphatic heterocycles. The van der Waals surface area contributed by atoms with Crippen LogP contribution >= 0.6 is 0 Å². The number of morpholine rings is 1. The first-order chi connectivity index (χ1) is 21.7. The third-order valence-electron chi connectivity index (χ3n) is 8.73. The molecule has 0 aliphatic carbocycles. The lowest BCUT2D eigenvalue weighted by Gasteiger charge is -2.38. The Morgan fingerprint density at radius 1 is 1.07 bits per heavy atom. The number of ether oxygens (including phenoxy) is 1. The van der Waals surface area contributed by atoms with Crippen LogP contribution in [0.4, 0.5) is 10.1 Å². The molecule has 0 spiro atoms. The van der Waals surface area contributed by atoms with E-state index in [4.69, 9.17) is 25.7 Å². The summed E-state index contributed by atoms with van der Waals surface area (Å²) in [7, 11) is 0. The Morgan fingerprint density at radius 3 is 2.62 bits per heavy atom. The predicted octanol–water partition coefficient (Wildman–Crippen LogP) is 2.29. The fourth-order valence-corrected chi connectivity index (χ4v) is 6.07. The van der Waals surface area contributed by atoms with Crippen molar-refractivity contribution < 1.29 is 13.9 Å². The maximum atomic E-state index is 14.9. The minimum atomic E-state index is -0.811. The quantitative estimate of drug-likeness (QED) is 0.238. The van der Waals surface area contributed by atoms with Gasteiger partial charge in [0.05, 0.1) is 41.6 Å². The lowest BCUT2D eigenvalue weighted by molar-refractivity contribution is -0.133. The number of hydrazine groups is 1. The topological polar surface area (TPSA) is 142 Å². The normalized spacial score (nSPS) is 20.7. The SMILES string of the molecule is Cc1nc(C)c(C)c(C2=C(CF)N(N)C(Nc3cn(CCCN4CCOCC4)nc3C)NC2=NCCCN2CCCCC2=O)n1. The minimum absolute atomic E-state index is 0.201. The highest BCUT2D eigenvalue weighted by atomic mass is 19.1. The molecule has 0 aromatic carbocycles. The highest BCUT2D eigenvalue weighted by Crippen LogP contribution is 2.29. The first kappa shape index (κ1) is 32.8. The zero-order chi connectivity index (χ0) is 31.9. The molecule has 14 heteroatoms. The van der Waals surface area contributed by atoms with Crippen molar-refractivity contribution in [2.24, 2.45) is 10.8 Å². The van der Waals surface area contributed by atoms with Gasteiger partial charge in [-0.25, -0.2) is 20.2 Å². The van der Waals surface area contributed by atoms with E-state index in [1.165, 1.54) is 5.01 Å². The van der Waals surface area contributed by atoms with E-state index in [0.29, 0.717) is 48.9 Å². The van der Waals surface area contributed by atoms with E-state index < -0.39 is 13.0 Å². The van der Waals surface area contributed by atoms with Crippen LogP contribution in [0.15, 0.2) is 16.9 Å². The molecular formula is C31H48FN11O2. The lowest BCUT2D eigenvalue weighted by atomic mass is 10.0.